The van der Waals surface area contributed by atoms with Crippen LogP contribution < -0.4 is 5.32 Å². The van der Waals surface area contributed by atoms with Gasteiger partial charge in [0, 0.05) is 6.54 Å². The number of nitrogens with zero attached hydrogens (tertiary/aromatic N) is 1. The van der Waals surface area contributed by atoms with Gasteiger partial charge in [0.1, 0.15) is 0 Å². The van der Waals surface area contributed by atoms with Crippen LogP contribution >= 0.6 is 0 Å². The van der Waals surface area contributed by atoms with E-state index < -0.39 is 0 Å². The molecule has 0 radical (unpaired) electrons. The van der Waals surface area contributed by atoms with E-state index in [1.165, 1.54) is 25.7 Å². The average Bonchev–Trinajstić information content (AvgIpc) is 2.99. The molecule has 1 N–H and O–H groups in total. The first kappa shape index (κ1) is 11.9. The second-order valence-corrected chi connectivity index (χ2v) is 5.45. The average molecular weight is 224 g/mol. The molecule has 2 fully saturated rings. The maximum atomic E-state index is 12.1. The number of carbonyl (C=O) groups excluding carboxylic acids is 1. The molecule has 1 saturated heterocycles. The van der Waals surface area contributed by atoms with Crippen molar-refractivity contribution in [3.63, 3.8) is 0 Å². The van der Waals surface area contributed by atoms with Crippen LogP contribution in [0.3, 0.4) is 0 Å². The lowest BCUT2D eigenvalue weighted by Crippen LogP contribution is -2.34. The summed E-state index contributed by atoms with van der Waals surface area (Å²) in [5.41, 5.74) is 0.483. The van der Waals surface area contributed by atoms with E-state index in [0.29, 0.717) is 11.3 Å². The molecule has 1 heterocycles. The van der Waals surface area contributed by atoms with Crippen LogP contribution in [0.25, 0.3) is 0 Å². The summed E-state index contributed by atoms with van der Waals surface area (Å²) >= 11 is 0. The third kappa shape index (κ3) is 2.40. The van der Waals surface area contributed by atoms with Crippen LogP contribution in [0.15, 0.2) is 0 Å². The van der Waals surface area contributed by atoms with Gasteiger partial charge in [-0.1, -0.05) is 26.7 Å². The van der Waals surface area contributed by atoms with E-state index in [9.17, 15) is 4.79 Å². The molecule has 0 aromatic rings. The van der Waals surface area contributed by atoms with Gasteiger partial charge in [-0.2, -0.15) is 0 Å². The molecule has 1 unspecified atom stereocenters. The van der Waals surface area contributed by atoms with E-state index >= 15 is 0 Å². The number of rotatable bonds is 6. The van der Waals surface area contributed by atoms with Gasteiger partial charge in [-0.15, -0.1) is 0 Å². The summed E-state index contributed by atoms with van der Waals surface area (Å²) in [7, 11) is 0. The van der Waals surface area contributed by atoms with E-state index in [0.717, 1.165) is 26.1 Å². The van der Waals surface area contributed by atoms with Crippen molar-refractivity contribution in [2.45, 2.75) is 58.4 Å². The third-order valence-corrected chi connectivity index (χ3v) is 4.22. The number of carbonyl (C=O) groups is 1. The lowest BCUT2D eigenvalue weighted by molar-refractivity contribution is -0.129. The Labute approximate surface area is 98.6 Å². The molecule has 2 aliphatic rings. The fraction of sp³-hybridized carbons (Fsp3) is 0.923. The molecule has 1 saturated carbocycles. The molecule has 0 aromatic heterocycles. The first-order chi connectivity index (χ1) is 7.71. The minimum atomic E-state index is 0.104. The minimum Gasteiger partial charge on any atom is -0.328 e. The number of unbranched alkanes of at least 4 members (excludes halogenated alkanes) is 1. The lowest BCUT2D eigenvalue weighted by atomic mass is 10.0. The van der Waals surface area contributed by atoms with Gasteiger partial charge >= 0.3 is 0 Å². The molecule has 16 heavy (non-hydrogen) atoms. The van der Waals surface area contributed by atoms with Crippen molar-refractivity contribution in [3.8, 4) is 0 Å². The van der Waals surface area contributed by atoms with Crippen molar-refractivity contribution >= 4 is 5.91 Å². The number of hydrogen-bond donors (Lipinski definition) is 1. The zero-order valence-corrected chi connectivity index (χ0v) is 10.6. The standard InChI is InChI=1S/C13H24N2O/c1-3-5-6-11-12(16)15(10-14-11)9-13(4-2)7-8-13/h11,14H,3-10H2,1-2H3. The predicted octanol–water partition coefficient (Wildman–Crippen LogP) is 2.12. The first-order valence-electron chi connectivity index (χ1n) is 6.73. The monoisotopic (exact) mass is 224 g/mol. The quantitative estimate of drug-likeness (QED) is 0.749. The summed E-state index contributed by atoms with van der Waals surface area (Å²) in [6, 6.07) is 0.104. The molecule has 0 spiro atoms. The molecule has 92 valence electrons. The van der Waals surface area contributed by atoms with Gasteiger partial charge < -0.3 is 4.90 Å². The molecule has 0 aromatic carbocycles. The highest BCUT2D eigenvalue weighted by Crippen LogP contribution is 2.49. The number of nitrogens with one attached hydrogen (secondary N) is 1. The minimum absolute atomic E-state index is 0.104. The van der Waals surface area contributed by atoms with Gasteiger partial charge in [0.15, 0.2) is 0 Å². The summed E-state index contributed by atoms with van der Waals surface area (Å²) in [6.07, 6.45) is 7.17. The zero-order chi connectivity index (χ0) is 11.6. The van der Waals surface area contributed by atoms with Gasteiger partial charge in [0.25, 0.3) is 0 Å². The molecular formula is C13H24N2O. The summed E-state index contributed by atoms with van der Waals surface area (Å²) in [5.74, 6) is 0.341. The van der Waals surface area contributed by atoms with Crippen LogP contribution in [-0.4, -0.2) is 30.1 Å². The normalized spacial score (nSPS) is 27.5. The Kier molecular flexibility index (Phi) is 3.53. The maximum Gasteiger partial charge on any atom is 0.240 e. The Bertz CT molecular complexity index is 261. The van der Waals surface area contributed by atoms with Crippen molar-refractivity contribution in [2.75, 3.05) is 13.2 Å². The van der Waals surface area contributed by atoms with E-state index in [1.807, 2.05) is 4.90 Å². The van der Waals surface area contributed by atoms with Crippen LogP contribution in [0, 0.1) is 5.41 Å². The Morgan fingerprint density at radius 2 is 2.19 bits per heavy atom. The van der Waals surface area contributed by atoms with Crippen molar-refractivity contribution in [3.05, 3.63) is 0 Å². The molecule has 0 bridgehead atoms. The Hall–Kier alpha value is -0.570. The van der Waals surface area contributed by atoms with E-state index in [2.05, 4.69) is 19.2 Å². The van der Waals surface area contributed by atoms with Crippen molar-refractivity contribution in [2.24, 2.45) is 5.41 Å². The Balaban J connectivity index is 1.82. The van der Waals surface area contributed by atoms with Crippen molar-refractivity contribution < 1.29 is 4.79 Å². The highest BCUT2D eigenvalue weighted by Gasteiger charge is 2.44. The first-order valence-corrected chi connectivity index (χ1v) is 6.73. The second kappa shape index (κ2) is 4.74. The van der Waals surface area contributed by atoms with Gasteiger partial charge in [0.05, 0.1) is 12.7 Å². The largest absolute Gasteiger partial charge is 0.328 e. The number of hydrogen-bond acceptors (Lipinski definition) is 2. The third-order valence-electron chi connectivity index (χ3n) is 4.22. The van der Waals surface area contributed by atoms with Gasteiger partial charge in [0.2, 0.25) is 5.91 Å². The molecule has 3 heteroatoms. The molecule has 3 nitrogen and oxygen atoms in total. The van der Waals surface area contributed by atoms with E-state index in [-0.39, 0.29) is 6.04 Å². The van der Waals surface area contributed by atoms with Gasteiger partial charge in [-0.3, -0.25) is 10.1 Å². The highest BCUT2D eigenvalue weighted by molar-refractivity contribution is 5.83. The van der Waals surface area contributed by atoms with Crippen LogP contribution in [0.5, 0.6) is 0 Å². The second-order valence-electron chi connectivity index (χ2n) is 5.45. The van der Waals surface area contributed by atoms with Crippen molar-refractivity contribution in [1.82, 2.24) is 10.2 Å². The van der Waals surface area contributed by atoms with E-state index in [1.54, 1.807) is 0 Å². The molecule has 1 amide bonds. The molecular weight excluding hydrogens is 200 g/mol. The summed E-state index contributed by atoms with van der Waals surface area (Å²) in [4.78, 5) is 14.1. The predicted molar refractivity (Wildman–Crippen MR) is 65.0 cm³/mol. The van der Waals surface area contributed by atoms with Crippen molar-refractivity contribution in [1.29, 1.82) is 0 Å². The number of amides is 1. The summed E-state index contributed by atoms with van der Waals surface area (Å²) in [6.45, 7) is 6.18. The smallest absolute Gasteiger partial charge is 0.240 e. The van der Waals surface area contributed by atoms with E-state index in [4.69, 9.17) is 0 Å². The van der Waals surface area contributed by atoms with Crippen LogP contribution in [0.1, 0.15) is 52.4 Å². The van der Waals surface area contributed by atoms with Crippen LogP contribution in [0.2, 0.25) is 0 Å². The van der Waals surface area contributed by atoms with Gasteiger partial charge in [-0.25, -0.2) is 0 Å². The maximum absolute atomic E-state index is 12.1. The summed E-state index contributed by atoms with van der Waals surface area (Å²) in [5, 5.41) is 3.34. The van der Waals surface area contributed by atoms with Crippen LogP contribution in [-0.2, 0) is 4.79 Å². The fourth-order valence-corrected chi connectivity index (χ4v) is 2.58. The molecule has 2 rings (SSSR count). The highest BCUT2D eigenvalue weighted by atomic mass is 16.2. The lowest BCUT2D eigenvalue weighted by Gasteiger charge is -2.21. The molecule has 1 aliphatic carbocycles. The Morgan fingerprint density at radius 1 is 1.44 bits per heavy atom. The fourth-order valence-electron chi connectivity index (χ4n) is 2.58. The molecule has 1 aliphatic heterocycles. The zero-order valence-electron chi connectivity index (χ0n) is 10.6. The Morgan fingerprint density at radius 3 is 2.75 bits per heavy atom. The summed E-state index contributed by atoms with van der Waals surface area (Å²) < 4.78 is 0. The SMILES string of the molecule is CCCCC1NCN(CC2(CC)CC2)C1=O. The molecule has 1 atom stereocenters. The van der Waals surface area contributed by atoms with Gasteiger partial charge in [-0.05, 0) is 31.1 Å². The topological polar surface area (TPSA) is 32.3 Å². The van der Waals surface area contributed by atoms with Crippen LogP contribution in [0.4, 0.5) is 0 Å².